The summed E-state index contributed by atoms with van der Waals surface area (Å²) in [6.07, 6.45) is 8.49. The largest absolute Gasteiger partial charge is 0.475 e. The Labute approximate surface area is 149 Å². The second-order valence-corrected chi connectivity index (χ2v) is 8.47. The lowest BCUT2D eigenvalue weighted by molar-refractivity contribution is 0.292. The maximum absolute atomic E-state index is 5.98. The standard InChI is InChI=1S/C20H22N3OP/c1-16(2)18-15-24-20(21-18)17-9-3-4-10-19(17)25(22-11-5-6-12-22)23-13-7-8-14-23/h3-14,16,18H,15H2,1-2H3/t18-/m1/s1. The Morgan fingerprint density at radius 3 is 2.12 bits per heavy atom. The molecular weight excluding hydrogens is 329 g/mol. The van der Waals surface area contributed by atoms with E-state index in [9.17, 15) is 0 Å². The van der Waals surface area contributed by atoms with Crippen molar-refractivity contribution < 1.29 is 4.74 Å². The van der Waals surface area contributed by atoms with Crippen LogP contribution in [0.25, 0.3) is 0 Å². The highest BCUT2D eigenvalue weighted by Gasteiger charge is 2.27. The summed E-state index contributed by atoms with van der Waals surface area (Å²) in [7, 11) is -0.766. The van der Waals surface area contributed by atoms with Crippen LogP contribution in [-0.4, -0.2) is 27.2 Å². The lowest BCUT2D eigenvalue weighted by atomic mass is 10.1. The smallest absolute Gasteiger partial charge is 0.217 e. The first-order valence-electron chi connectivity index (χ1n) is 8.60. The van der Waals surface area contributed by atoms with Crippen molar-refractivity contribution in [1.82, 2.24) is 8.68 Å². The van der Waals surface area contributed by atoms with Crippen LogP contribution in [0.5, 0.6) is 0 Å². The average Bonchev–Trinajstić information content (AvgIpc) is 3.38. The molecule has 1 aliphatic rings. The van der Waals surface area contributed by atoms with Crippen molar-refractivity contribution in [3.05, 3.63) is 78.9 Å². The van der Waals surface area contributed by atoms with Crippen LogP contribution in [0.3, 0.4) is 0 Å². The molecule has 4 rings (SSSR count). The van der Waals surface area contributed by atoms with E-state index in [4.69, 9.17) is 9.73 Å². The minimum atomic E-state index is -0.766. The predicted octanol–water partition coefficient (Wildman–Crippen LogP) is 4.12. The minimum Gasteiger partial charge on any atom is -0.475 e. The third-order valence-corrected chi connectivity index (χ3v) is 6.64. The van der Waals surface area contributed by atoms with Gasteiger partial charge in [-0.05, 0) is 36.2 Å². The van der Waals surface area contributed by atoms with Gasteiger partial charge in [0.2, 0.25) is 5.90 Å². The number of aliphatic imine (C=N–C) groups is 1. The number of rotatable bonds is 5. The molecule has 0 spiro atoms. The van der Waals surface area contributed by atoms with Crippen LogP contribution in [0.1, 0.15) is 19.4 Å². The van der Waals surface area contributed by atoms with Crippen molar-refractivity contribution in [3.8, 4) is 0 Å². The quantitative estimate of drug-likeness (QED) is 0.636. The monoisotopic (exact) mass is 351 g/mol. The highest BCUT2D eigenvalue weighted by atomic mass is 31.1. The van der Waals surface area contributed by atoms with Crippen LogP contribution in [0.4, 0.5) is 0 Å². The zero-order chi connectivity index (χ0) is 17.2. The van der Waals surface area contributed by atoms with Crippen molar-refractivity contribution >= 4 is 19.4 Å². The number of benzene rings is 1. The predicted molar refractivity (Wildman–Crippen MR) is 104 cm³/mol. The summed E-state index contributed by atoms with van der Waals surface area (Å²) in [5, 5.41) is 1.24. The molecule has 0 amide bonds. The lowest BCUT2D eigenvalue weighted by Crippen LogP contribution is -2.20. The van der Waals surface area contributed by atoms with Gasteiger partial charge < -0.3 is 13.4 Å². The zero-order valence-electron chi connectivity index (χ0n) is 14.5. The fourth-order valence-electron chi connectivity index (χ4n) is 2.98. The van der Waals surface area contributed by atoms with Gasteiger partial charge in [-0.1, -0.05) is 32.0 Å². The van der Waals surface area contributed by atoms with E-state index < -0.39 is 8.22 Å². The van der Waals surface area contributed by atoms with E-state index in [1.807, 2.05) is 0 Å². The topological polar surface area (TPSA) is 31.4 Å². The Morgan fingerprint density at radius 2 is 1.56 bits per heavy atom. The summed E-state index contributed by atoms with van der Waals surface area (Å²) in [4.78, 5) is 4.85. The van der Waals surface area contributed by atoms with E-state index in [-0.39, 0.29) is 6.04 Å². The Kier molecular flexibility index (Phi) is 4.46. The first kappa shape index (κ1) is 16.2. The van der Waals surface area contributed by atoms with Crippen LogP contribution in [0.2, 0.25) is 0 Å². The molecule has 1 atom stereocenters. The molecule has 0 bridgehead atoms. The first-order valence-corrected chi connectivity index (χ1v) is 9.85. The third-order valence-electron chi connectivity index (χ3n) is 4.41. The Hall–Kier alpha value is -2.32. The molecule has 4 nitrogen and oxygen atoms in total. The molecule has 25 heavy (non-hydrogen) atoms. The van der Waals surface area contributed by atoms with E-state index in [1.165, 1.54) is 5.30 Å². The maximum atomic E-state index is 5.98. The lowest BCUT2D eigenvalue weighted by Gasteiger charge is -2.23. The molecule has 1 aliphatic heterocycles. The normalized spacial score (nSPS) is 17.1. The third kappa shape index (κ3) is 3.14. The molecular formula is C20H22N3OP. The second kappa shape index (κ2) is 6.89. The maximum Gasteiger partial charge on any atom is 0.217 e. The van der Waals surface area contributed by atoms with Crippen LogP contribution < -0.4 is 5.30 Å². The Morgan fingerprint density at radius 1 is 0.960 bits per heavy atom. The van der Waals surface area contributed by atoms with Gasteiger partial charge in [-0.2, -0.15) is 0 Å². The van der Waals surface area contributed by atoms with Crippen molar-refractivity contribution in [2.24, 2.45) is 10.9 Å². The summed E-state index contributed by atoms with van der Waals surface area (Å²) >= 11 is 0. The molecule has 3 aromatic rings. The van der Waals surface area contributed by atoms with E-state index in [0.29, 0.717) is 12.5 Å². The van der Waals surface area contributed by atoms with E-state index in [2.05, 4.69) is 95.8 Å². The second-order valence-electron chi connectivity index (χ2n) is 6.49. The van der Waals surface area contributed by atoms with Crippen LogP contribution >= 0.6 is 8.22 Å². The molecule has 5 heteroatoms. The summed E-state index contributed by atoms with van der Waals surface area (Å²) in [6, 6.07) is 17.0. The molecule has 0 radical (unpaired) electrons. The Bertz CT molecular complexity index is 819. The van der Waals surface area contributed by atoms with Crippen LogP contribution in [-0.2, 0) is 4.74 Å². The summed E-state index contributed by atoms with van der Waals surface area (Å²) in [5.41, 5.74) is 1.10. The number of nitrogens with zero attached hydrogens (tertiary/aromatic N) is 3. The fraction of sp³-hybridized carbons (Fsp3) is 0.250. The molecule has 2 aromatic heterocycles. The SMILES string of the molecule is CC(C)[C@H]1COC(c2ccccc2P(n2cccc2)n2cccc2)=N1. The molecule has 0 N–H and O–H groups in total. The molecule has 0 aliphatic carbocycles. The number of ether oxygens (including phenoxy) is 1. The van der Waals surface area contributed by atoms with Gasteiger partial charge in [-0.15, -0.1) is 0 Å². The number of aromatic nitrogens is 2. The molecule has 0 fully saturated rings. The number of hydrogen-bond acceptors (Lipinski definition) is 2. The van der Waals surface area contributed by atoms with Crippen molar-refractivity contribution in [2.75, 3.05) is 6.61 Å². The van der Waals surface area contributed by atoms with E-state index >= 15 is 0 Å². The van der Waals surface area contributed by atoms with Gasteiger partial charge in [-0.3, -0.25) is 0 Å². The van der Waals surface area contributed by atoms with Gasteiger partial charge in [0.1, 0.15) is 14.8 Å². The first-order chi connectivity index (χ1) is 12.2. The summed E-state index contributed by atoms with van der Waals surface area (Å²) < 4.78 is 10.5. The molecule has 0 unspecified atom stereocenters. The van der Waals surface area contributed by atoms with Crippen molar-refractivity contribution in [1.29, 1.82) is 0 Å². The summed E-state index contributed by atoms with van der Waals surface area (Å²) in [6.45, 7) is 5.06. The van der Waals surface area contributed by atoms with Gasteiger partial charge in [0.05, 0.1) is 6.04 Å². The van der Waals surface area contributed by atoms with E-state index in [1.54, 1.807) is 0 Å². The van der Waals surface area contributed by atoms with Gasteiger partial charge in [0.15, 0.2) is 0 Å². The number of hydrogen-bond donors (Lipinski definition) is 0. The summed E-state index contributed by atoms with van der Waals surface area (Å²) in [5.74, 6) is 1.26. The van der Waals surface area contributed by atoms with Crippen molar-refractivity contribution in [3.63, 3.8) is 0 Å². The van der Waals surface area contributed by atoms with Crippen LogP contribution in [0, 0.1) is 5.92 Å². The minimum absolute atomic E-state index is 0.243. The zero-order valence-corrected chi connectivity index (χ0v) is 15.4. The van der Waals surface area contributed by atoms with Gasteiger partial charge in [-0.25, -0.2) is 4.99 Å². The molecule has 3 heterocycles. The van der Waals surface area contributed by atoms with Crippen molar-refractivity contribution in [2.45, 2.75) is 19.9 Å². The van der Waals surface area contributed by atoms with Gasteiger partial charge in [0.25, 0.3) is 0 Å². The molecule has 0 saturated heterocycles. The highest BCUT2D eigenvalue weighted by molar-refractivity contribution is 7.62. The highest BCUT2D eigenvalue weighted by Crippen LogP contribution is 2.39. The van der Waals surface area contributed by atoms with Gasteiger partial charge >= 0.3 is 0 Å². The van der Waals surface area contributed by atoms with E-state index in [0.717, 1.165) is 11.5 Å². The molecule has 128 valence electrons. The van der Waals surface area contributed by atoms with Gasteiger partial charge in [0, 0.05) is 35.7 Å². The van der Waals surface area contributed by atoms with Crippen LogP contribution in [0.15, 0.2) is 78.3 Å². The molecule has 1 aromatic carbocycles. The average molecular weight is 351 g/mol. The Balaban J connectivity index is 1.81. The molecule has 0 saturated carbocycles. The fourth-order valence-corrected chi connectivity index (χ4v) is 5.13.